The largest absolute Gasteiger partial charge is 0.347 e. The molecule has 0 spiro atoms. The van der Waals surface area contributed by atoms with E-state index in [2.05, 4.69) is 4.98 Å². The molecule has 0 saturated heterocycles. The second-order valence-corrected chi connectivity index (χ2v) is 3.46. The maximum Gasteiger partial charge on any atom is 0.186 e. The Morgan fingerprint density at radius 2 is 1.94 bits per heavy atom. The Morgan fingerprint density at radius 1 is 1.25 bits per heavy atom. The first-order chi connectivity index (χ1) is 7.66. The summed E-state index contributed by atoms with van der Waals surface area (Å²) in [5.74, 6) is 0.800. The first-order valence-electron chi connectivity index (χ1n) is 5.51. The number of rotatable bonds is 1. The third-order valence-electron chi connectivity index (χ3n) is 2.21. The first-order valence-corrected chi connectivity index (χ1v) is 5.51. The Labute approximate surface area is 95.8 Å². The molecule has 3 heteroatoms. The van der Waals surface area contributed by atoms with Crippen molar-refractivity contribution in [1.29, 1.82) is 0 Å². The number of hydrogen-bond acceptors (Lipinski definition) is 1. The van der Waals surface area contributed by atoms with Crippen molar-refractivity contribution in [3.8, 4) is 5.82 Å². The fourth-order valence-electron chi connectivity index (χ4n) is 1.34. The van der Waals surface area contributed by atoms with Crippen LogP contribution in [0.1, 0.15) is 25.0 Å². The average molecular weight is 218 g/mol. The van der Waals surface area contributed by atoms with E-state index < -0.39 is 0 Å². The van der Waals surface area contributed by atoms with Gasteiger partial charge in [-0.25, -0.2) is 0 Å². The molecule has 1 N–H and O–H groups in total. The molecule has 0 amide bonds. The minimum absolute atomic E-state index is 0.0603. The summed E-state index contributed by atoms with van der Waals surface area (Å²) in [7, 11) is 0. The highest BCUT2D eigenvalue weighted by atomic mass is 16.1. The number of aromatic amines is 1. The quantitative estimate of drug-likeness (QED) is 0.785. The van der Waals surface area contributed by atoms with Gasteiger partial charge in [0.25, 0.3) is 0 Å². The predicted molar refractivity (Wildman–Crippen MR) is 67.2 cm³/mol. The Kier molecular flexibility index (Phi) is 4.11. The molecular formula is C13H18N2O. The van der Waals surface area contributed by atoms with Gasteiger partial charge in [-0.05, 0) is 25.5 Å². The van der Waals surface area contributed by atoms with Crippen molar-refractivity contribution in [3.05, 3.63) is 52.1 Å². The molecule has 0 aliphatic rings. The van der Waals surface area contributed by atoms with Gasteiger partial charge in [0.05, 0.1) is 0 Å². The number of H-pyrrole nitrogens is 1. The number of hydrogen-bond donors (Lipinski definition) is 1. The van der Waals surface area contributed by atoms with Gasteiger partial charge in [-0.1, -0.05) is 13.8 Å². The Morgan fingerprint density at radius 3 is 2.44 bits per heavy atom. The molecule has 0 aliphatic heterocycles. The van der Waals surface area contributed by atoms with E-state index in [-0.39, 0.29) is 5.43 Å². The monoisotopic (exact) mass is 218 g/mol. The molecular weight excluding hydrogens is 200 g/mol. The van der Waals surface area contributed by atoms with Crippen LogP contribution in [0.4, 0.5) is 0 Å². The zero-order valence-electron chi connectivity index (χ0n) is 10.2. The van der Waals surface area contributed by atoms with Crippen LogP contribution in [0.2, 0.25) is 0 Å². The fraction of sp³-hybridized carbons (Fsp3) is 0.308. The molecule has 0 bridgehead atoms. The predicted octanol–water partition coefficient (Wildman–Crippen LogP) is 2.81. The summed E-state index contributed by atoms with van der Waals surface area (Å²) in [5, 5.41) is 0. The van der Waals surface area contributed by atoms with E-state index in [1.807, 2.05) is 43.8 Å². The summed E-state index contributed by atoms with van der Waals surface area (Å²) >= 11 is 0. The molecule has 2 heterocycles. The van der Waals surface area contributed by atoms with Gasteiger partial charge in [0.1, 0.15) is 5.82 Å². The van der Waals surface area contributed by atoms with Gasteiger partial charge in [0, 0.05) is 30.2 Å². The zero-order chi connectivity index (χ0) is 12.1. The SMILES string of the molecule is CC.Cc1ccn(-c2cc(=O)c(C)c[nH]2)c1. The summed E-state index contributed by atoms with van der Waals surface area (Å²) in [6, 6.07) is 3.60. The highest BCUT2D eigenvalue weighted by Gasteiger charge is 1.98. The number of pyridine rings is 1. The third kappa shape index (κ3) is 2.63. The van der Waals surface area contributed by atoms with Gasteiger partial charge in [0.15, 0.2) is 5.43 Å². The lowest BCUT2D eigenvalue weighted by Crippen LogP contribution is -2.07. The highest BCUT2D eigenvalue weighted by Crippen LogP contribution is 2.05. The first kappa shape index (κ1) is 12.3. The second-order valence-electron chi connectivity index (χ2n) is 3.46. The van der Waals surface area contributed by atoms with E-state index in [0.29, 0.717) is 0 Å². The summed E-state index contributed by atoms with van der Waals surface area (Å²) in [5.41, 5.74) is 1.97. The molecule has 2 rings (SSSR count). The Bertz CT molecular complexity index is 509. The van der Waals surface area contributed by atoms with Gasteiger partial charge in [0.2, 0.25) is 0 Å². The number of nitrogens with zero attached hydrogens (tertiary/aromatic N) is 1. The van der Waals surface area contributed by atoms with Gasteiger partial charge >= 0.3 is 0 Å². The summed E-state index contributed by atoms with van der Waals surface area (Å²) in [6.07, 6.45) is 5.63. The minimum atomic E-state index is 0.0603. The van der Waals surface area contributed by atoms with Crippen molar-refractivity contribution >= 4 is 0 Å². The summed E-state index contributed by atoms with van der Waals surface area (Å²) < 4.78 is 1.90. The summed E-state index contributed by atoms with van der Waals surface area (Å²) in [6.45, 7) is 7.81. The van der Waals surface area contributed by atoms with Crippen molar-refractivity contribution < 1.29 is 0 Å². The Balaban J connectivity index is 0.000000606. The van der Waals surface area contributed by atoms with Crippen LogP contribution in [0, 0.1) is 13.8 Å². The van der Waals surface area contributed by atoms with E-state index in [1.54, 1.807) is 19.2 Å². The molecule has 0 aliphatic carbocycles. The lowest BCUT2D eigenvalue weighted by Gasteiger charge is -2.02. The van der Waals surface area contributed by atoms with Crippen LogP contribution in [0.5, 0.6) is 0 Å². The van der Waals surface area contributed by atoms with E-state index >= 15 is 0 Å². The van der Waals surface area contributed by atoms with Gasteiger partial charge < -0.3 is 9.55 Å². The lowest BCUT2D eigenvalue weighted by molar-refractivity contribution is 0.993. The van der Waals surface area contributed by atoms with Gasteiger partial charge in [-0.3, -0.25) is 4.79 Å². The normalized spacial score (nSPS) is 9.50. The third-order valence-corrected chi connectivity index (χ3v) is 2.21. The van der Waals surface area contributed by atoms with Crippen LogP contribution in [0.3, 0.4) is 0 Å². The highest BCUT2D eigenvalue weighted by molar-refractivity contribution is 5.27. The number of nitrogens with one attached hydrogen (secondary N) is 1. The topological polar surface area (TPSA) is 37.8 Å². The molecule has 2 aromatic rings. The molecule has 86 valence electrons. The van der Waals surface area contributed by atoms with Crippen LogP contribution in [-0.2, 0) is 0 Å². The molecule has 0 unspecified atom stereocenters. The van der Waals surface area contributed by atoms with Crippen molar-refractivity contribution in [2.75, 3.05) is 0 Å². The van der Waals surface area contributed by atoms with Crippen molar-refractivity contribution in [3.63, 3.8) is 0 Å². The molecule has 0 atom stereocenters. The zero-order valence-corrected chi connectivity index (χ0v) is 10.2. The van der Waals surface area contributed by atoms with Crippen LogP contribution in [-0.4, -0.2) is 9.55 Å². The molecule has 0 radical (unpaired) electrons. The number of aromatic nitrogens is 2. The smallest absolute Gasteiger partial charge is 0.186 e. The van der Waals surface area contributed by atoms with Crippen molar-refractivity contribution in [2.45, 2.75) is 27.7 Å². The van der Waals surface area contributed by atoms with Crippen LogP contribution < -0.4 is 5.43 Å². The van der Waals surface area contributed by atoms with Crippen LogP contribution >= 0.6 is 0 Å². The summed E-state index contributed by atoms with van der Waals surface area (Å²) in [4.78, 5) is 14.5. The van der Waals surface area contributed by atoms with Crippen LogP contribution in [0.15, 0.2) is 35.5 Å². The van der Waals surface area contributed by atoms with E-state index in [4.69, 9.17) is 0 Å². The molecule has 16 heavy (non-hydrogen) atoms. The van der Waals surface area contributed by atoms with E-state index in [0.717, 1.165) is 11.4 Å². The Hall–Kier alpha value is -1.77. The molecule has 0 aromatic carbocycles. The maximum absolute atomic E-state index is 11.4. The van der Waals surface area contributed by atoms with E-state index in [9.17, 15) is 4.79 Å². The van der Waals surface area contributed by atoms with Crippen LogP contribution in [0.25, 0.3) is 5.82 Å². The van der Waals surface area contributed by atoms with E-state index in [1.165, 1.54) is 5.56 Å². The van der Waals surface area contributed by atoms with Crippen molar-refractivity contribution in [1.82, 2.24) is 9.55 Å². The molecule has 3 nitrogen and oxygen atoms in total. The van der Waals surface area contributed by atoms with Crippen molar-refractivity contribution in [2.24, 2.45) is 0 Å². The average Bonchev–Trinajstić information content (AvgIpc) is 2.72. The molecule has 0 fully saturated rings. The number of aryl methyl sites for hydroxylation is 2. The molecule has 0 saturated carbocycles. The lowest BCUT2D eigenvalue weighted by atomic mass is 10.3. The van der Waals surface area contributed by atoms with Gasteiger partial charge in [-0.2, -0.15) is 0 Å². The minimum Gasteiger partial charge on any atom is -0.347 e. The fourth-order valence-corrected chi connectivity index (χ4v) is 1.34. The van der Waals surface area contributed by atoms with Gasteiger partial charge in [-0.15, -0.1) is 0 Å². The maximum atomic E-state index is 11.4. The second kappa shape index (κ2) is 5.35. The molecule has 2 aromatic heterocycles. The standard InChI is InChI=1S/C11H12N2O.C2H6/c1-8-3-4-13(7-8)11-5-10(14)9(2)6-12-11;1-2/h3-7H,1-2H3,(H,12,14);1-2H3.